The van der Waals surface area contributed by atoms with Crippen LogP contribution in [0.2, 0.25) is 0 Å². The number of carbonyl (C=O) groups excluding carboxylic acids is 1. The van der Waals surface area contributed by atoms with E-state index in [1.807, 2.05) is 42.1 Å². The van der Waals surface area contributed by atoms with Crippen LogP contribution in [0.3, 0.4) is 0 Å². The van der Waals surface area contributed by atoms with Crippen molar-refractivity contribution in [2.45, 2.75) is 39.0 Å². The summed E-state index contributed by atoms with van der Waals surface area (Å²) in [6, 6.07) is 9.58. The topological polar surface area (TPSA) is 17.1 Å². The van der Waals surface area contributed by atoms with E-state index >= 15 is 0 Å². The molecule has 1 aromatic carbocycles. The zero-order chi connectivity index (χ0) is 12.3. The van der Waals surface area contributed by atoms with Gasteiger partial charge >= 0.3 is 0 Å². The van der Waals surface area contributed by atoms with Gasteiger partial charge in [0.1, 0.15) is 0 Å². The molecule has 17 heavy (non-hydrogen) atoms. The summed E-state index contributed by atoms with van der Waals surface area (Å²) < 4.78 is 0. The van der Waals surface area contributed by atoms with Crippen molar-refractivity contribution in [2.75, 3.05) is 11.5 Å². The molecule has 0 saturated heterocycles. The highest BCUT2D eigenvalue weighted by atomic mass is 32.2. The van der Waals surface area contributed by atoms with Crippen molar-refractivity contribution in [2.24, 2.45) is 0 Å². The van der Waals surface area contributed by atoms with E-state index in [0.29, 0.717) is 6.42 Å². The summed E-state index contributed by atoms with van der Waals surface area (Å²) >= 11 is 1.91. The number of Topliss-reactive ketones (excluding diaryl/α,β-unsaturated/α-hetero) is 1. The largest absolute Gasteiger partial charge is 0.294 e. The molecule has 0 heterocycles. The normalized spacial score (nSPS) is 10.4. The van der Waals surface area contributed by atoms with Crippen LogP contribution in [-0.2, 0) is 0 Å². The Kier molecular flexibility index (Phi) is 7.81. The minimum Gasteiger partial charge on any atom is -0.294 e. The van der Waals surface area contributed by atoms with Gasteiger partial charge in [-0.3, -0.25) is 4.79 Å². The molecule has 0 unspecified atom stereocenters. The van der Waals surface area contributed by atoms with Crippen LogP contribution in [0.25, 0.3) is 0 Å². The minimum absolute atomic E-state index is 0.270. The highest BCUT2D eigenvalue weighted by molar-refractivity contribution is 7.99. The monoisotopic (exact) mass is 250 g/mol. The average molecular weight is 250 g/mol. The third-order valence-corrected chi connectivity index (χ3v) is 3.78. The van der Waals surface area contributed by atoms with E-state index in [2.05, 4.69) is 6.92 Å². The number of thioether (sulfide) groups is 1. The third-order valence-electron chi connectivity index (χ3n) is 2.71. The van der Waals surface area contributed by atoms with E-state index in [0.717, 1.165) is 11.3 Å². The van der Waals surface area contributed by atoms with Crippen LogP contribution < -0.4 is 0 Å². The lowest BCUT2D eigenvalue weighted by Crippen LogP contribution is -2.00. The van der Waals surface area contributed by atoms with Gasteiger partial charge in [-0.2, -0.15) is 11.8 Å². The lowest BCUT2D eigenvalue weighted by Gasteiger charge is -2.02. The number of hydrogen-bond acceptors (Lipinski definition) is 2. The summed E-state index contributed by atoms with van der Waals surface area (Å²) in [6.07, 6.45) is 5.91. The van der Waals surface area contributed by atoms with Crippen molar-refractivity contribution in [1.29, 1.82) is 0 Å². The van der Waals surface area contributed by atoms with Crippen LogP contribution in [0.1, 0.15) is 49.4 Å². The summed E-state index contributed by atoms with van der Waals surface area (Å²) in [6.45, 7) is 2.23. The predicted molar refractivity (Wildman–Crippen MR) is 76.9 cm³/mol. The number of ketones is 1. The molecule has 0 amide bonds. The molecule has 0 aliphatic carbocycles. The van der Waals surface area contributed by atoms with Gasteiger partial charge in [-0.15, -0.1) is 0 Å². The first-order chi connectivity index (χ1) is 8.34. The van der Waals surface area contributed by atoms with E-state index in [9.17, 15) is 4.79 Å². The van der Waals surface area contributed by atoms with Crippen molar-refractivity contribution < 1.29 is 4.79 Å². The first-order valence-electron chi connectivity index (χ1n) is 6.50. The Bertz CT molecular complexity index is 308. The van der Waals surface area contributed by atoms with Gasteiger partial charge in [-0.05, 0) is 12.2 Å². The number of benzene rings is 1. The van der Waals surface area contributed by atoms with Crippen molar-refractivity contribution in [3.63, 3.8) is 0 Å². The quantitative estimate of drug-likeness (QED) is 0.471. The SMILES string of the molecule is CCCCCCSCCC(=O)c1ccccc1. The fraction of sp³-hybridized carbons (Fsp3) is 0.533. The molecular formula is C15H22OS. The molecule has 0 spiro atoms. The average Bonchev–Trinajstić information content (AvgIpc) is 2.38. The lowest BCUT2D eigenvalue weighted by molar-refractivity contribution is 0.0989. The Hall–Kier alpha value is -0.760. The van der Waals surface area contributed by atoms with Gasteiger partial charge in [0, 0.05) is 17.7 Å². The van der Waals surface area contributed by atoms with Gasteiger partial charge in [0.05, 0.1) is 0 Å². The molecule has 0 fully saturated rings. The highest BCUT2D eigenvalue weighted by Gasteiger charge is 2.03. The number of unbranched alkanes of at least 4 members (excludes halogenated alkanes) is 3. The zero-order valence-corrected chi connectivity index (χ0v) is 11.5. The molecule has 0 aliphatic rings. The Labute approximate surface area is 109 Å². The second-order valence-electron chi connectivity index (χ2n) is 4.21. The molecule has 0 N–H and O–H groups in total. The summed E-state index contributed by atoms with van der Waals surface area (Å²) in [7, 11) is 0. The zero-order valence-electron chi connectivity index (χ0n) is 10.7. The second kappa shape index (κ2) is 9.29. The molecule has 94 valence electrons. The molecular weight excluding hydrogens is 228 g/mol. The Morgan fingerprint density at radius 1 is 1.06 bits per heavy atom. The van der Waals surface area contributed by atoms with Gasteiger partial charge in [-0.1, -0.05) is 56.5 Å². The smallest absolute Gasteiger partial charge is 0.163 e. The first kappa shape index (κ1) is 14.3. The molecule has 1 aromatic rings. The number of hydrogen-bond donors (Lipinski definition) is 0. The van der Waals surface area contributed by atoms with Crippen LogP contribution in [0.15, 0.2) is 30.3 Å². The van der Waals surface area contributed by atoms with Crippen molar-refractivity contribution in [3.05, 3.63) is 35.9 Å². The summed E-state index contributed by atoms with van der Waals surface area (Å²) in [5.41, 5.74) is 0.846. The third kappa shape index (κ3) is 6.52. The first-order valence-corrected chi connectivity index (χ1v) is 7.66. The van der Waals surface area contributed by atoms with Crippen molar-refractivity contribution in [1.82, 2.24) is 0 Å². The van der Waals surface area contributed by atoms with E-state index in [4.69, 9.17) is 0 Å². The molecule has 0 saturated carbocycles. The number of rotatable bonds is 9. The summed E-state index contributed by atoms with van der Waals surface area (Å²) in [5.74, 6) is 2.42. The van der Waals surface area contributed by atoms with Crippen molar-refractivity contribution >= 4 is 17.5 Å². The standard InChI is InChI=1S/C15H22OS/c1-2-3-4-8-12-17-13-11-15(16)14-9-6-5-7-10-14/h5-7,9-10H,2-4,8,11-13H2,1H3. The fourth-order valence-electron chi connectivity index (χ4n) is 1.67. The van der Waals surface area contributed by atoms with Crippen LogP contribution in [-0.4, -0.2) is 17.3 Å². The number of carbonyl (C=O) groups is 1. The predicted octanol–water partition coefficient (Wildman–Crippen LogP) is 4.57. The highest BCUT2D eigenvalue weighted by Crippen LogP contribution is 2.11. The molecule has 0 aliphatic heterocycles. The van der Waals surface area contributed by atoms with Crippen LogP contribution >= 0.6 is 11.8 Å². The molecule has 0 atom stereocenters. The molecule has 1 rings (SSSR count). The van der Waals surface area contributed by atoms with Gasteiger partial charge in [0.25, 0.3) is 0 Å². The fourth-order valence-corrected chi connectivity index (χ4v) is 2.61. The van der Waals surface area contributed by atoms with Crippen molar-refractivity contribution in [3.8, 4) is 0 Å². The summed E-state index contributed by atoms with van der Waals surface area (Å²) in [4.78, 5) is 11.8. The van der Waals surface area contributed by atoms with Gasteiger partial charge in [-0.25, -0.2) is 0 Å². The Morgan fingerprint density at radius 2 is 1.82 bits per heavy atom. The van der Waals surface area contributed by atoms with Gasteiger partial charge < -0.3 is 0 Å². The molecule has 2 heteroatoms. The maximum Gasteiger partial charge on any atom is 0.163 e. The Morgan fingerprint density at radius 3 is 2.53 bits per heavy atom. The van der Waals surface area contributed by atoms with Crippen LogP contribution in [0.4, 0.5) is 0 Å². The van der Waals surface area contributed by atoms with E-state index in [-0.39, 0.29) is 5.78 Å². The van der Waals surface area contributed by atoms with Crippen LogP contribution in [0.5, 0.6) is 0 Å². The molecule has 1 nitrogen and oxygen atoms in total. The van der Waals surface area contributed by atoms with Gasteiger partial charge in [0.2, 0.25) is 0 Å². The summed E-state index contributed by atoms with van der Waals surface area (Å²) in [5, 5.41) is 0. The van der Waals surface area contributed by atoms with E-state index in [1.165, 1.54) is 31.4 Å². The van der Waals surface area contributed by atoms with Crippen LogP contribution in [0, 0.1) is 0 Å². The van der Waals surface area contributed by atoms with E-state index < -0.39 is 0 Å². The molecule has 0 aromatic heterocycles. The minimum atomic E-state index is 0.270. The Balaban J connectivity index is 2.05. The van der Waals surface area contributed by atoms with E-state index in [1.54, 1.807) is 0 Å². The van der Waals surface area contributed by atoms with Gasteiger partial charge in [0.15, 0.2) is 5.78 Å². The maximum atomic E-state index is 11.8. The lowest BCUT2D eigenvalue weighted by atomic mass is 10.1. The molecule has 0 bridgehead atoms. The molecule has 0 radical (unpaired) electrons. The second-order valence-corrected chi connectivity index (χ2v) is 5.44. The maximum absolute atomic E-state index is 11.8.